The van der Waals surface area contributed by atoms with Crippen molar-refractivity contribution in [1.29, 1.82) is 0 Å². The summed E-state index contributed by atoms with van der Waals surface area (Å²) in [6.07, 6.45) is 5.11. The van der Waals surface area contributed by atoms with E-state index in [1.807, 2.05) is 13.8 Å². The molecule has 2 aliphatic rings. The third-order valence-corrected chi connectivity index (χ3v) is 6.26. The highest BCUT2D eigenvalue weighted by Gasteiger charge is 2.36. The molecule has 0 aliphatic carbocycles. The summed E-state index contributed by atoms with van der Waals surface area (Å²) in [5.74, 6) is -0.0831. The van der Waals surface area contributed by atoms with Crippen LogP contribution in [0, 0.1) is 10.1 Å². The van der Waals surface area contributed by atoms with Gasteiger partial charge in [-0.25, -0.2) is 0 Å². The molecule has 1 unspecified atom stereocenters. The largest absolute Gasteiger partial charge is 0.480 e. The van der Waals surface area contributed by atoms with Crippen molar-refractivity contribution < 1.29 is 24.0 Å². The number of para-hydroxylation sites is 1. The standard InChI is InChI=1S/C22H24N2O6S2/c1-14(2)29-19(25)10-4-3-7-13-23-21(26)20(32-22(23)31)18-12-11-17(30-18)15-8-5-6-9-16(15)24(27)28/h5-6,8-9,11-12,14,17H,3-4,7,10,13H2,1-2H3. The number of thiocarbonyl (C=S) groups is 1. The number of esters is 1. The molecule has 0 saturated carbocycles. The van der Waals surface area contributed by atoms with Crippen molar-refractivity contribution in [3.05, 3.63) is 62.8 Å². The topological polar surface area (TPSA) is 99.0 Å². The number of nitrogens with zero attached hydrogens (tertiary/aromatic N) is 2. The zero-order valence-electron chi connectivity index (χ0n) is 17.8. The monoisotopic (exact) mass is 476 g/mol. The summed E-state index contributed by atoms with van der Waals surface area (Å²) in [7, 11) is 0. The predicted molar refractivity (Wildman–Crippen MR) is 125 cm³/mol. The fourth-order valence-corrected chi connectivity index (χ4v) is 4.66. The smallest absolute Gasteiger partial charge is 0.306 e. The van der Waals surface area contributed by atoms with Crippen LogP contribution in [-0.4, -0.2) is 38.7 Å². The van der Waals surface area contributed by atoms with Crippen LogP contribution in [-0.2, 0) is 19.1 Å². The Kier molecular flexibility index (Phi) is 8.03. The molecule has 1 amide bonds. The zero-order valence-corrected chi connectivity index (χ0v) is 19.4. The van der Waals surface area contributed by atoms with Crippen LogP contribution in [0.2, 0.25) is 0 Å². The van der Waals surface area contributed by atoms with Crippen LogP contribution in [0.5, 0.6) is 0 Å². The molecule has 0 aromatic heterocycles. The molecular formula is C22H24N2O6S2. The minimum atomic E-state index is -0.638. The molecule has 1 fully saturated rings. The molecule has 1 aromatic rings. The molecule has 0 bridgehead atoms. The predicted octanol–water partition coefficient (Wildman–Crippen LogP) is 4.81. The molecule has 1 atom stereocenters. The van der Waals surface area contributed by atoms with Gasteiger partial charge >= 0.3 is 5.97 Å². The summed E-state index contributed by atoms with van der Waals surface area (Å²) in [6, 6.07) is 6.36. The fraction of sp³-hybridized carbons (Fsp3) is 0.409. The summed E-state index contributed by atoms with van der Waals surface area (Å²) < 4.78 is 11.4. The van der Waals surface area contributed by atoms with Crippen LogP contribution in [0.4, 0.5) is 5.69 Å². The minimum absolute atomic E-state index is 0.0341. The highest BCUT2D eigenvalue weighted by atomic mass is 32.2. The Morgan fingerprint density at radius 3 is 2.78 bits per heavy atom. The number of allylic oxidation sites excluding steroid dienone is 1. The van der Waals surface area contributed by atoms with Crippen LogP contribution >= 0.6 is 24.0 Å². The van der Waals surface area contributed by atoms with E-state index >= 15 is 0 Å². The summed E-state index contributed by atoms with van der Waals surface area (Å²) >= 11 is 6.53. The minimum Gasteiger partial charge on any atom is -0.480 e. The summed E-state index contributed by atoms with van der Waals surface area (Å²) in [5.41, 5.74) is 0.392. The SMILES string of the molecule is CC(C)OC(=O)CCCCCN1C(=O)C(=C2C=CC(c3ccccc3[N+](=O)[O-])O2)SC1=S. The van der Waals surface area contributed by atoms with Gasteiger partial charge in [0.15, 0.2) is 0 Å². The van der Waals surface area contributed by atoms with Crippen molar-refractivity contribution in [3.8, 4) is 0 Å². The van der Waals surface area contributed by atoms with Gasteiger partial charge in [0, 0.05) is 19.0 Å². The molecule has 2 aliphatic heterocycles. The van der Waals surface area contributed by atoms with E-state index in [9.17, 15) is 19.7 Å². The number of carbonyl (C=O) groups excluding carboxylic acids is 2. The van der Waals surface area contributed by atoms with E-state index in [1.165, 1.54) is 22.7 Å². The van der Waals surface area contributed by atoms with Gasteiger partial charge in [0.25, 0.3) is 11.6 Å². The van der Waals surface area contributed by atoms with Crippen molar-refractivity contribution in [3.63, 3.8) is 0 Å². The number of rotatable bonds is 9. The van der Waals surface area contributed by atoms with Crippen molar-refractivity contribution in [2.75, 3.05) is 6.54 Å². The number of hydrogen-bond donors (Lipinski definition) is 0. The lowest BCUT2D eigenvalue weighted by Crippen LogP contribution is -2.29. The lowest BCUT2D eigenvalue weighted by atomic mass is 10.1. The van der Waals surface area contributed by atoms with Gasteiger partial charge in [-0.3, -0.25) is 24.6 Å². The van der Waals surface area contributed by atoms with E-state index in [4.69, 9.17) is 21.7 Å². The van der Waals surface area contributed by atoms with E-state index < -0.39 is 11.0 Å². The Morgan fingerprint density at radius 2 is 2.06 bits per heavy atom. The van der Waals surface area contributed by atoms with Gasteiger partial charge in [-0.15, -0.1) is 0 Å². The molecule has 8 nitrogen and oxygen atoms in total. The first-order chi connectivity index (χ1) is 15.3. The second-order valence-electron chi connectivity index (χ2n) is 7.58. The number of thioether (sulfide) groups is 1. The van der Waals surface area contributed by atoms with Gasteiger partial charge in [0.2, 0.25) is 0 Å². The normalized spacial score (nSPS) is 20.2. The Labute approximate surface area is 195 Å². The molecular weight excluding hydrogens is 452 g/mol. The summed E-state index contributed by atoms with van der Waals surface area (Å²) in [5, 5.41) is 11.3. The zero-order chi connectivity index (χ0) is 23.3. The van der Waals surface area contributed by atoms with Gasteiger partial charge in [0.05, 0.1) is 16.6 Å². The number of nitro benzene ring substituents is 1. The lowest BCUT2D eigenvalue weighted by molar-refractivity contribution is -0.386. The number of unbranched alkanes of at least 4 members (excludes halogenated alkanes) is 2. The molecule has 32 heavy (non-hydrogen) atoms. The highest BCUT2D eigenvalue weighted by molar-refractivity contribution is 8.26. The van der Waals surface area contributed by atoms with Crippen LogP contribution in [0.15, 0.2) is 47.1 Å². The second-order valence-corrected chi connectivity index (χ2v) is 9.23. The summed E-state index contributed by atoms with van der Waals surface area (Å²) in [6.45, 7) is 4.08. The van der Waals surface area contributed by atoms with E-state index in [-0.39, 0.29) is 23.7 Å². The fourth-order valence-electron chi connectivity index (χ4n) is 3.36. The van der Waals surface area contributed by atoms with Crippen molar-refractivity contribution in [2.45, 2.75) is 51.7 Å². The van der Waals surface area contributed by atoms with Crippen LogP contribution in [0.3, 0.4) is 0 Å². The Balaban J connectivity index is 1.56. The van der Waals surface area contributed by atoms with Crippen molar-refractivity contribution in [1.82, 2.24) is 4.90 Å². The first-order valence-corrected chi connectivity index (χ1v) is 11.6. The molecule has 10 heteroatoms. The van der Waals surface area contributed by atoms with E-state index in [0.717, 1.165) is 6.42 Å². The molecule has 1 aromatic carbocycles. The average Bonchev–Trinajstić information content (AvgIpc) is 3.32. The Hall–Kier alpha value is -2.72. The van der Waals surface area contributed by atoms with Gasteiger partial charge in [0.1, 0.15) is 21.1 Å². The highest BCUT2D eigenvalue weighted by Crippen LogP contribution is 2.40. The maximum Gasteiger partial charge on any atom is 0.306 e. The van der Waals surface area contributed by atoms with Gasteiger partial charge in [-0.05, 0) is 44.9 Å². The maximum absolute atomic E-state index is 12.9. The third-order valence-electron chi connectivity index (χ3n) is 4.82. The quantitative estimate of drug-likeness (QED) is 0.125. The Bertz CT molecular complexity index is 988. The first-order valence-electron chi connectivity index (χ1n) is 10.3. The maximum atomic E-state index is 12.9. The molecule has 0 N–H and O–H groups in total. The average molecular weight is 477 g/mol. The van der Waals surface area contributed by atoms with Crippen LogP contribution in [0.25, 0.3) is 0 Å². The number of carbonyl (C=O) groups is 2. The number of benzene rings is 1. The molecule has 1 saturated heterocycles. The van der Waals surface area contributed by atoms with Crippen LogP contribution in [0.1, 0.15) is 51.2 Å². The number of hydrogen-bond acceptors (Lipinski definition) is 8. The number of amides is 1. The van der Waals surface area contributed by atoms with Crippen molar-refractivity contribution >= 4 is 45.9 Å². The van der Waals surface area contributed by atoms with E-state index in [0.29, 0.717) is 46.4 Å². The summed E-state index contributed by atoms with van der Waals surface area (Å²) in [4.78, 5) is 37.2. The second kappa shape index (κ2) is 10.7. The third kappa shape index (κ3) is 5.74. The van der Waals surface area contributed by atoms with E-state index in [2.05, 4.69) is 0 Å². The number of ether oxygens (including phenoxy) is 2. The van der Waals surface area contributed by atoms with Gasteiger partial charge < -0.3 is 9.47 Å². The van der Waals surface area contributed by atoms with E-state index in [1.54, 1.807) is 30.4 Å². The van der Waals surface area contributed by atoms with Crippen molar-refractivity contribution in [2.24, 2.45) is 0 Å². The lowest BCUT2D eigenvalue weighted by Gasteiger charge is -2.14. The Morgan fingerprint density at radius 1 is 1.31 bits per heavy atom. The molecule has 170 valence electrons. The van der Waals surface area contributed by atoms with Crippen LogP contribution < -0.4 is 0 Å². The molecule has 0 radical (unpaired) electrons. The molecule has 3 rings (SSSR count). The number of nitro groups is 1. The molecule has 0 spiro atoms. The molecule has 2 heterocycles. The van der Waals surface area contributed by atoms with Gasteiger partial charge in [-0.1, -0.05) is 42.5 Å². The first kappa shape index (κ1) is 23.9. The van der Waals surface area contributed by atoms with Gasteiger partial charge in [-0.2, -0.15) is 0 Å².